The molecule has 0 bridgehead atoms. The van der Waals surface area contributed by atoms with E-state index in [1.807, 2.05) is 6.20 Å². The number of anilines is 1. The summed E-state index contributed by atoms with van der Waals surface area (Å²) in [6.07, 6.45) is 2.20. The Morgan fingerprint density at radius 3 is 2.75 bits per heavy atom. The third kappa shape index (κ3) is 3.78. The summed E-state index contributed by atoms with van der Waals surface area (Å²) < 4.78 is 11.4. The quantitative estimate of drug-likeness (QED) is 0.851. The fourth-order valence-corrected chi connectivity index (χ4v) is 4.21. The van der Waals surface area contributed by atoms with E-state index in [1.165, 1.54) is 10.4 Å². The normalized spacial score (nSPS) is 22.7. The van der Waals surface area contributed by atoms with E-state index in [1.54, 1.807) is 11.3 Å². The lowest BCUT2D eigenvalue weighted by molar-refractivity contribution is -0.0326. The van der Waals surface area contributed by atoms with Crippen molar-refractivity contribution in [1.82, 2.24) is 9.88 Å². The van der Waals surface area contributed by atoms with Crippen LogP contribution in [0.15, 0.2) is 36.5 Å². The standard InChI is InChI=1S/C18H23N3O2S/c1-2-4-15(5-3-1)17-14-20(6-11-23-17)13-16-12-19-18(24-16)21-7-9-22-10-8-21/h1-5,12,17H,6-11,13-14H2. The minimum absolute atomic E-state index is 0.173. The predicted octanol–water partition coefficient (Wildman–Crippen LogP) is 2.55. The van der Waals surface area contributed by atoms with Gasteiger partial charge in [-0.2, -0.15) is 0 Å². The summed E-state index contributed by atoms with van der Waals surface area (Å²) in [6.45, 7) is 7.15. The first-order chi connectivity index (χ1) is 11.9. The van der Waals surface area contributed by atoms with Crippen LogP contribution in [0.1, 0.15) is 16.5 Å². The highest BCUT2D eigenvalue weighted by Crippen LogP contribution is 2.27. The molecule has 6 heteroatoms. The summed E-state index contributed by atoms with van der Waals surface area (Å²) >= 11 is 1.81. The number of nitrogens with zero attached hydrogens (tertiary/aromatic N) is 3. The van der Waals surface area contributed by atoms with Gasteiger partial charge in [0, 0.05) is 43.8 Å². The fourth-order valence-electron chi connectivity index (χ4n) is 3.21. The summed E-state index contributed by atoms with van der Waals surface area (Å²) in [5, 5.41) is 1.13. The Morgan fingerprint density at radius 1 is 1.08 bits per heavy atom. The van der Waals surface area contributed by atoms with Crippen molar-refractivity contribution in [2.45, 2.75) is 12.6 Å². The second-order valence-corrected chi connectivity index (χ2v) is 7.31. The molecule has 2 saturated heterocycles. The molecule has 1 aromatic heterocycles. The van der Waals surface area contributed by atoms with Crippen molar-refractivity contribution in [1.29, 1.82) is 0 Å². The monoisotopic (exact) mass is 345 g/mol. The topological polar surface area (TPSA) is 37.8 Å². The first-order valence-electron chi connectivity index (χ1n) is 8.55. The van der Waals surface area contributed by atoms with Crippen LogP contribution in [0.3, 0.4) is 0 Å². The van der Waals surface area contributed by atoms with Gasteiger partial charge in [-0.3, -0.25) is 4.90 Å². The van der Waals surface area contributed by atoms with Gasteiger partial charge in [0.25, 0.3) is 0 Å². The SMILES string of the molecule is c1ccc(C2CN(Cc3cnc(N4CCOCC4)s3)CCO2)cc1. The Kier molecular flexibility index (Phi) is 5.08. The minimum atomic E-state index is 0.173. The number of rotatable bonds is 4. The van der Waals surface area contributed by atoms with Crippen LogP contribution in [-0.4, -0.2) is 55.9 Å². The molecular formula is C18H23N3O2S. The average molecular weight is 345 g/mol. The Morgan fingerprint density at radius 2 is 1.92 bits per heavy atom. The summed E-state index contributed by atoms with van der Waals surface area (Å²) in [6, 6.07) is 10.5. The van der Waals surface area contributed by atoms with Gasteiger partial charge in [-0.15, -0.1) is 11.3 Å². The molecule has 2 aliphatic rings. The number of hydrogen-bond acceptors (Lipinski definition) is 6. The molecule has 128 valence electrons. The van der Waals surface area contributed by atoms with E-state index in [-0.39, 0.29) is 6.10 Å². The second-order valence-electron chi connectivity index (χ2n) is 6.21. The lowest BCUT2D eigenvalue weighted by Gasteiger charge is -2.32. The molecule has 2 fully saturated rings. The first-order valence-corrected chi connectivity index (χ1v) is 9.36. The summed E-state index contributed by atoms with van der Waals surface area (Å²) in [5.74, 6) is 0. The highest BCUT2D eigenvalue weighted by atomic mass is 32.1. The molecule has 4 rings (SSSR count). The third-order valence-corrected chi connectivity index (χ3v) is 5.57. The van der Waals surface area contributed by atoms with Crippen molar-refractivity contribution in [2.75, 3.05) is 50.9 Å². The first kappa shape index (κ1) is 16.0. The lowest BCUT2D eigenvalue weighted by Crippen LogP contribution is -2.37. The largest absolute Gasteiger partial charge is 0.378 e. The van der Waals surface area contributed by atoms with Gasteiger partial charge >= 0.3 is 0 Å². The second kappa shape index (κ2) is 7.61. The van der Waals surface area contributed by atoms with E-state index in [2.05, 4.69) is 45.1 Å². The van der Waals surface area contributed by atoms with Crippen LogP contribution in [0.2, 0.25) is 0 Å². The smallest absolute Gasteiger partial charge is 0.185 e. The molecule has 1 aromatic carbocycles. The molecule has 5 nitrogen and oxygen atoms in total. The van der Waals surface area contributed by atoms with E-state index >= 15 is 0 Å². The van der Waals surface area contributed by atoms with Crippen molar-refractivity contribution in [3.8, 4) is 0 Å². The zero-order valence-electron chi connectivity index (χ0n) is 13.8. The van der Waals surface area contributed by atoms with E-state index < -0.39 is 0 Å². The van der Waals surface area contributed by atoms with Crippen molar-refractivity contribution in [2.24, 2.45) is 0 Å². The molecule has 0 saturated carbocycles. The van der Waals surface area contributed by atoms with Gasteiger partial charge in [0.15, 0.2) is 5.13 Å². The van der Waals surface area contributed by atoms with Crippen molar-refractivity contribution >= 4 is 16.5 Å². The van der Waals surface area contributed by atoms with Crippen LogP contribution in [0.5, 0.6) is 0 Å². The lowest BCUT2D eigenvalue weighted by atomic mass is 10.1. The number of thiazole rings is 1. The van der Waals surface area contributed by atoms with Gasteiger partial charge in [0.1, 0.15) is 0 Å². The molecule has 0 N–H and O–H groups in total. The number of morpholine rings is 2. The number of benzene rings is 1. The molecular weight excluding hydrogens is 322 g/mol. The number of ether oxygens (including phenoxy) is 2. The maximum Gasteiger partial charge on any atom is 0.185 e. The van der Waals surface area contributed by atoms with Crippen LogP contribution in [0.25, 0.3) is 0 Å². The van der Waals surface area contributed by atoms with Gasteiger partial charge < -0.3 is 14.4 Å². The molecule has 2 aliphatic heterocycles. The van der Waals surface area contributed by atoms with Crippen LogP contribution in [-0.2, 0) is 16.0 Å². The van der Waals surface area contributed by atoms with Crippen LogP contribution < -0.4 is 4.90 Å². The average Bonchev–Trinajstić information content (AvgIpc) is 3.12. The molecule has 2 aromatic rings. The summed E-state index contributed by atoms with van der Waals surface area (Å²) in [4.78, 5) is 10.7. The predicted molar refractivity (Wildman–Crippen MR) is 95.6 cm³/mol. The maximum absolute atomic E-state index is 5.96. The Hall–Kier alpha value is -1.47. The van der Waals surface area contributed by atoms with Crippen LogP contribution in [0.4, 0.5) is 5.13 Å². The molecule has 3 heterocycles. The van der Waals surface area contributed by atoms with E-state index in [9.17, 15) is 0 Å². The number of aromatic nitrogens is 1. The Labute approximate surface area is 146 Å². The van der Waals surface area contributed by atoms with Crippen LogP contribution in [0, 0.1) is 0 Å². The molecule has 1 unspecified atom stereocenters. The molecule has 24 heavy (non-hydrogen) atoms. The van der Waals surface area contributed by atoms with Crippen molar-refractivity contribution in [3.05, 3.63) is 47.0 Å². The van der Waals surface area contributed by atoms with Crippen LogP contribution >= 0.6 is 11.3 Å². The highest BCUT2D eigenvalue weighted by Gasteiger charge is 2.23. The highest BCUT2D eigenvalue weighted by molar-refractivity contribution is 7.15. The van der Waals surface area contributed by atoms with Gasteiger partial charge in [0.2, 0.25) is 0 Å². The molecule has 0 aliphatic carbocycles. The summed E-state index contributed by atoms with van der Waals surface area (Å²) in [7, 11) is 0. The Bertz CT molecular complexity index is 643. The molecule has 0 amide bonds. The van der Waals surface area contributed by atoms with Gasteiger partial charge in [-0.25, -0.2) is 4.98 Å². The van der Waals surface area contributed by atoms with E-state index in [0.29, 0.717) is 0 Å². The van der Waals surface area contributed by atoms with Gasteiger partial charge in [-0.1, -0.05) is 30.3 Å². The minimum Gasteiger partial charge on any atom is -0.378 e. The molecule has 0 radical (unpaired) electrons. The third-order valence-electron chi connectivity index (χ3n) is 4.52. The van der Waals surface area contributed by atoms with E-state index in [0.717, 1.165) is 57.7 Å². The van der Waals surface area contributed by atoms with Gasteiger partial charge in [-0.05, 0) is 5.56 Å². The Balaban J connectivity index is 1.37. The zero-order valence-corrected chi connectivity index (χ0v) is 14.6. The fraction of sp³-hybridized carbons (Fsp3) is 0.500. The van der Waals surface area contributed by atoms with Gasteiger partial charge in [0.05, 0.1) is 25.9 Å². The summed E-state index contributed by atoms with van der Waals surface area (Å²) in [5.41, 5.74) is 1.26. The molecule has 0 spiro atoms. The zero-order chi connectivity index (χ0) is 16.2. The van der Waals surface area contributed by atoms with Crippen molar-refractivity contribution < 1.29 is 9.47 Å². The number of hydrogen-bond donors (Lipinski definition) is 0. The molecule has 1 atom stereocenters. The van der Waals surface area contributed by atoms with E-state index in [4.69, 9.17) is 9.47 Å². The maximum atomic E-state index is 5.96. The van der Waals surface area contributed by atoms with Crippen molar-refractivity contribution in [3.63, 3.8) is 0 Å².